The predicted molar refractivity (Wildman–Crippen MR) is 521 cm³/mol. The lowest BCUT2D eigenvalue weighted by atomic mass is 9.96. The molecule has 7 heterocycles. The molecule has 0 saturated heterocycles. The van der Waals surface area contributed by atoms with Crippen LogP contribution < -0.4 is 45.9 Å². The van der Waals surface area contributed by atoms with Crippen LogP contribution in [0, 0.1) is 33.5 Å². The number of hydrogen-bond donors (Lipinski definition) is 8. The second kappa shape index (κ2) is 46.8. The fraction of sp³-hybridized carbons (Fsp3) is 0.267. The zero-order valence-corrected chi connectivity index (χ0v) is 77.0. The number of hydrogen-bond acceptors (Lipinski definition) is 17. The van der Waals surface area contributed by atoms with Crippen molar-refractivity contribution in [2.24, 2.45) is 0 Å². The number of aromatic amines is 7. The third-order valence-corrected chi connectivity index (χ3v) is 23.2. The Morgan fingerprint density at radius 1 is 0.410 bits per heavy atom. The minimum absolute atomic E-state index is 0.111. The number of benzene rings is 8. The summed E-state index contributed by atoms with van der Waals surface area (Å²) in [6.45, 7) is 13.4. The maximum atomic E-state index is 15.0. The summed E-state index contributed by atoms with van der Waals surface area (Å²) in [4.78, 5) is 89.2. The van der Waals surface area contributed by atoms with Crippen molar-refractivity contribution >= 4 is 21.5 Å². The maximum absolute atomic E-state index is 15.0. The van der Waals surface area contributed by atoms with E-state index in [0.717, 1.165) is 150 Å². The minimum atomic E-state index is -3.96. The molecular formula is C105H109F3N14O11S. The summed E-state index contributed by atoms with van der Waals surface area (Å²) in [5.41, 5.74) is 17.0. The SMILES string of the molecule is CCCCCCOc1ccc(-c2cc(-c3ccc(C)cc3)c(-c3ncn[nH]3)c(=O)[nH]2)cc1C.CCCCCCOc1ccc(-c2cc(-c3ccc(OC(F)F)cc3)c(C(=O)NS(C)(=O)=O)c(=O)[nH]2)cc1.CCCCCOc1ccc(-c2cc(-c3ccc(C)cc3)c(-c3ncn[nH]3)c(=O)[nH]2)c(F)c1.Cc1ccc(-c2cc(-c3ccc(C4=CCCCCC4)cc3)[nH]c(=O)c2-c2ncn[nH]2)cc1. The number of pyridine rings is 4. The number of carbonyl (C=O) groups excluding carboxylic acids is 1. The van der Waals surface area contributed by atoms with Crippen LogP contribution in [0.1, 0.15) is 162 Å². The van der Waals surface area contributed by atoms with Crippen molar-refractivity contribution in [2.75, 3.05) is 26.1 Å². The number of H-pyrrole nitrogens is 7. The van der Waals surface area contributed by atoms with Crippen LogP contribution in [-0.4, -0.2) is 112 Å². The maximum Gasteiger partial charge on any atom is 0.387 e. The van der Waals surface area contributed by atoms with Crippen molar-refractivity contribution in [3.05, 3.63) is 312 Å². The Morgan fingerprint density at radius 3 is 1.28 bits per heavy atom. The lowest BCUT2D eigenvalue weighted by molar-refractivity contribution is -0.0498. The van der Waals surface area contributed by atoms with E-state index in [0.29, 0.717) is 92.5 Å². The fourth-order valence-corrected chi connectivity index (χ4v) is 16.0. The van der Waals surface area contributed by atoms with Crippen LogP contribution in [-0.2, 0) is 10.0 Å². The first-order valence-corrected chi connectivity index (χ1v) is 46.9. The van der Waals surface area contributed by atoms with E-state index in [4.69, 9.17) is 14.2 Å². The third kappa shape index (κ3) is 26.1. The molecule has 1 aliphatic carbocycles. The van der Waals surface area contributed by atoms with Gasteiger partial charge in [-0.05, 0) is 219 Å². The largest absolute Gasteiger partial charge is 0.494 e. The van der Waals surface area contributed by atoms with Gasteiger partial charge in [0.15, 0.2) is 17.5 Å². The van der Waals surface area contributed by atoms with Crippen LogP contribution in [0.25, 0.3) is 129 Å². The number of amides is 1. The number of ether oxygens (including phenoxy) is 4. The van der Waals surface area contributed by atoms with Crippen molar-refractivity contribution in [3.8, 4) is 147 Å². The highest BCUT2D eigenvalue weighted by molar-refractivity contribution is 7.89. The smallest absolute Gasteiger partial charge is 0.387 e. The molecule has 16 rings (SSSR count). The molecule has 8 N–H and O–H groups in total. The number of nitrogens with one attached hydrogen (secondary N) is 8. The molecule has 0 fully saturated rings. The van der Waals surface area contributed by atoms with Crippen LogP contribution in [0.3, 0.4) is 0 Å². The third-order valence-electron chi connectivity index (χ3n) is 22.6. The quantitative estimate of drug-likeness (QED) is 0.0177. The first kappa shape index (κ1) is 96.7. The molecular weight excluding hydrogens is 1720 g/mol. The summed E-state index contributed by atoms with van der Waals surface area (Å²) in [5, 5.41) is 20.1. The Balaban J connectivity index is 0.000000152. The number of alkyl halides is 2. The van der Waals surface area contributed by atoms with E-state index in [1.807, 2.05) is 106 Å². The van der Waals surface area contributed by atoms with Crippen LogP contribution in [0.15, 0.2) is 250 Å². The highest BCUT2D eigenvalue weighted by atomic mass is 32.2. The monoisotopic (exact) mass is 1830 g/mol. The van der Waals surface area contributed by atoms with Gasteiger partial charge in [-0.15, -0.1) is 0 Å². The van der Waals surface area contributed by atoms with Gasteiger partial charge < -0.3 is 38.9 Å². The van der Waals surface area contributed by atoms with Gasteiger partial charge in [0, 0.05) is 51.0 Å². The zero-order chi connectivity index (χ0) is 94.6. The van der Waals surface area contributed by atoms with Gasteiger partial charge in [-0.1, -0.05) is 211 Å². The molecule has 1 aliphatic rings. The van der Waals surface area contributed by atoms with Crippen LogP contribution in [0.2, 0.25) is 0 Å². The molecule has 0 bridgehead atoms. The van der Waals surface area contributed by atoms with E-state index < -0.39 is 39.5 Å². The van der Waals surface area contributed by atoms with Gasteiger partial charge in [0.05, 0.1) is 48.5 Å². The number of rotatable bonds is 33. The number of aryl methyl sites for hydroxylation is 4. The summed E-state index contributed by atoms with van der Waals surface area (Å²) in [6, 6.07) is 63.0. The molecule has 134 heavy (non-hydrogen) atoms. The van der Waals surface area contributed by atoms with Gasteiger partial charge in [0.25, 0.3) is 28.1 Å². The molecule has 7 aromatic heterocycles. The van der Waals surface area contributed by atoms with E-state index >= 15 is 0 Å². The van der Waals surface area contributed by atoms with Crippen LogP contribution in [0.4, 0.5) is 13.2 Å². The van der Waals surface area contributed by atoms with Crippen molar-refractivity contribution < 1.29 is 45.3 Å². The summed E-state index contributed by atoms with van der Waals surface area (Å²) < 4.78 is 86.8. The molecule has 15 aromatic rings. The van der Waals surface area contributed by atoms with Crippen molar-refractivity contribution in [2.45, 2.75) is 158 Å². The zero-order valence-electron chi connectivity index (χ0n) is 76.2. The second-order valence-corrected chi connectivity index (χ2v) is 34.6. The Kier molecular flexibility index (Phi) is 33.8. The summed E-state index contributed by atoms with van der Waals surface area (Å²) in [5.74, 6) is 1.59. The summed E-state index contributed by atoms with van der Waals surface area (Å²) in [6.07, 6.45) is 25.6. The number of halogens is 3. The van der Waals surface area contributed by atoms with Gasteiger partial charge in [0.2, 0.25) is 10.0 Å². The fourth-order valence-electron chi connectivity index (χ4n) is 15.5. The summed E-state index contributed by atoms with van der Waals surface area (Å²) >= 11 is 0. The van der Waals surface area contributed by atoms with Crippen molar-refractivity contribution in [3.63, 3.8) is 0 Å². The highest BCUT2D eigenvalue weighted by Gasteiger charge is 2.26. The molecule has 0 atom stereocenters. The van der Waals surface area contributed by atoms with Gasteiger partial charge in [0.1, 0.15) is 53.4 Å². The highest BCUT2D eigenvalue weighted by Crippen LogP contribution is 2.39. The lowest BCUT2D eigenvalue weighted by Crippen LogP contribution is -2.34. The molecule has 692 valence electrons. The van der Waals surface area contributed by atoms with E-state index in [2.05, 4.69) is 146 Å². The second-order valence-electron chi connectivity index (χ2n) is 32.8. The molecule has 1 amide bonds. The molecule has 29 heteroatoms. The van der Waals surface area contributed by atoms with Gasteiger partial charge in [-0.25, -0.2) is 32.5 Å². The average molecular weight is 1830 g/mol. The number of allylic oxidation sites excluding steroid dienone is 2. The average Bonchev–Trinajstić information content (AvgIpc) is 1.08. The Hall–Kier alpha value is -14.9. The van der Waals surface area contributed by atoms with E-state index in [9.17, 15) is 45.6 Å². The molecule has 0 unspecified atom stereocenters. The number of unbranched alkanes of at least 4 members (excludes halogenated alkanes) is 8. The molecule has 0 spiro atoms. The Bertz CT molecular complexity index is 6830. The number of aromatic nitrogens is 13. The Morgan fingerprint density at radius 2 is 0.806 bits per heavy atom. The topological polar surface area (TPSA) is 356 Å². The number of nitrogens with zero attached hydrogens (tertiary/aromatic N) is 6. The van der Waals surface area contributed by atoms with Crippen LogP contribution in [0.5, 0.6) is 23.0 Å². The number of carbonyl (C=O) groups is 1. The molecule has 8 aromatic carbocycles. The predicted octanol–water partition coefficient (Wildman–Crippen LogP) is 22.7. The van der Waals surface area contributed by atoms with Gasteiger partial charge >= 0.3 is 6.61 Å². The van der Waals surface area contributed by atoms with Crippen LogP contribution >= 0.6 is 0 Å². The van der Waals surface area contributed by atoms with E-state index in [1.54, 1.807) is 47.2 Å². The first-order chi connectivity index (χ1) is 64.9. The normalized spacial score (nSPS) is 11.8. The van der Waals surface area contributed by atoms with E-state index in [-0.39, 0.29) is 28.0 Å². The lowest BCUT2D eigenvalue weighted by Gasteiger charge is -2.13. The minimum Gasteiger partial charge on any atom is -0.494 e. The van der Waals surface area contributed by atoms with Crippen molar-refractivity contribution in [1.29, 1.82) is 0 Å². The standard InChI is InChI=1S/C27H30N4O2.C27H26N4O.C26H28F2N2O6S.C25H25FN4O2/c1-4-5-6-7-14-33-24-13-12-21(15-19(24)3)23-16-22(20-10-8-18(2)9-11-20)25(27(32)30-23)26-28-17-29-31-26;1-18-8-10-21(11-9-18)23-16-24(30-27(32)25(23)26-28-17-29-31-26)22-14-12-20(13-15-22)19-6-4-2-3-5-7-19;1-3-4-5-6-15-35-19-11-9-18(10-12-19)22-16-21(17-7-13-20(14-8-17)36-26(27)28)23(24(31)29-22)25(32)30-37(2,33)34;1-3-4-5-12-32-18-10-11-19(21(26)13-18)22-14-20(17-8-6-16(2)7-9-17)23(25(31)29-22)24-27-15-28-30-24/h8-13,15-17H,4-7,14H2,1-3H3,(H,30,32)(H,28,29,31);6,8-17H,2-5,7H2,1H3,(H,30,32)(H,28,29,31);7-14,16,26H,3-6,15H2,1-2H3,(H,29,31)(H,30,32);6-11,13-15H,3-5,12H2,1-2H3,(H,29,31)(H,27,28,30). The van der Waals surface area contributed by atoms with Gasteiger partial charge in [-0.3, -0.25) is 39.3 Å². The van der Waals surface area contributed by atoms with Crippen molar-refractivity contribution in [1.82, 2.24) is 70.2 Å². The molecule has 0 radical (unpaired) electrons. The Labute approximate surface area is 775 Å². The molecule has 0 saturated carbocycles. The number of sulfonamides is 1. The van der Waals surface area contributed by atoms with Gasteiger partial charge in [-0.2, -0.15) is 24.1 Å². The summed E-state index contributed by atoms with van der Waals surface area (Å²) in [7, 11) is -3.96. The molecule has 0 aliphatic heterocycles. The molecule has 25 nitrogen and oxygen atoms in total. The van der Waals surface area contributed by atoms with E-state index in [1.165, 1.54) is 111 Å². The first-order valence-electron chi connectivity index (χ1n) is 45.0.